The second kappa shape index (κ2) is 6.19. The van der Waals surface area contributed by atoms with E-state index in [4.69, 9.17) is 28.9 Å². The van der Waals surface area contributed by atoms with Crippen molar-refractivity contribution in [3.63, 3.8) is 0 Å². The number of benzene rings is 1. The van der Waals surface area contributed by atoms with Gasteiger partial charge in [0.1, 0.15) is 0 Å². The zero-order valence-corrected chi connectivity index (χ0v) is 11.1. The van der Waals surface area contributed by atoms with Crippen molar-refractivity contribution in [1.82, 2.24) is 0 Å². The first-order valence-corrected chi connectivity index (χ1v) is 5.89. The molecule has 0 radical (unpaired) electrons. The van der Waals surface area contributed by atoms with Crippen LogP contribution in [0.4, 0.5) is 11.4 Å². The highest BCUT2D eigenvalue weighted by Crippen LogP contribution is 2.34. The van der Waals surface area contributed by atoms with Crippen LogP contribution in [0.3, 0.4) is 0 Å². The number of non-ortho nitro benzene ring substituents is 1. The van der Waals surface area contributed by atoms with Gasteiger partial charge >= 0.3 is 0 Å². The third-order valence-electron chi connectivity index (χ3n) is 2.37. The number of halogens is 2. The van der Waals surface area contributed by atoms with Crippen LogP contribution >= 0.6 is 23.2 Å². The standard InChI is InChI=1S/C10H13Cl2N3O3/c1-5(16)9(13)4-14-10-7(11)2-6(15(17)18)3-8(10)12/h2-3,5,9,14,16H,4,13H2,1H3. The largest absolute Gasteiger partial charge is 0.392 e. The summed E-state index contributed by atoms with van der Waals surface area (Å²) in [5.74, 6) is 0. The molecule has 0 saturated carbocycles. The number of nitrogens with two attached hydrogens (primary N) is 1. The SMILES string of the molecule is CC(O)C(N)CNc1c(Cl)cc([N+](=O)[O-])cc1Cl. The highest BCUT2D eigenvalue weighted by molar-refractivity contribution is 6.39. The van der Waals surface area contributed by atoms with Crippen LogP contribution in [0.2, 0.25) is 10.0 Å². The molecule has 0 aliphatic rings. The molecule has 1 rings (SSSR count). The average Bonchev–Trinajstić information content (AvgIpc) is 2.26. The van der Waals surface area contributed by atoms with Gasteiger partial charge in [-0.1, -0.05) is 23.2 Å². The highest BCUT2D eigenvalue weighted by atomic mass is 35.5. The predicted molar refractivity (Wildman–Crippen MR) is 71.3 cm³/mol. The molecule has 0 bridgehead atoms. The van der Waals surface area contributed by atoms with E-state index in [1.807, 2.05) is 0 Å². The van der Waals surface area contributed by atoms with Crippen LogP contribution in [0.15, 0.2) is 12.1 Å². The van der Waals surface area contributed by atoms with E-state index >= 15 is 0 Å². The van der Waals surface area contributed by atoms with Crippen LogP contribution in [-0.2, 0) is 0 Å². The lowest BCUT2D eigenvalue weighted by molar-refractivity contribution is -0.384. The van der Waals surface area contributed by atoms with Crippen molar-refractivity contribution < 1.29 is 10.0 Å². The second-order valence-electron chi connectivity index (χ2n) is 3.83. The lowest BCUT2D eigenvalue weighted by Gasteiger charge is -2.17. The first kappa shape index (κ1) is 15.0. The Morgan fingerprint density at radius 2 is 2.00 bits per heavy atom. The van der Waals surface area contributed by atoms with E-state index in [1.54, 1.807) is 6.92 Å². The molecular formula is C10H13Cl2N3O3. The fourth-order valence-electron chi connectivity index (χ4n) is 1.22. The summed E-state index contributed by atoms with van der Waals surface area (Å²) >= 11 is 11.8. The van der Waals surface area contributed by atoms with Crippen molar-refractivity contribution in [1.29, 1.82) is 0 Å². The Bertz CT molecular complexity index is 431. The fourth-order valence-corrected chi connectivity index (χ4v) is 1.83. The molecule has 18 heavy (non-hydrogen) atoms. The maximum atomic E-state index is 10.6. The zero-order chi connectivity index (χ0) is 13.9. The quantitative estimate of drug-likeness (QED) is 0.569. The van der Waals surface area contributed by atoms with E-state index in [-0.39, 0.29) is 22.3 Å². The van der Waals surface area contributed by atoms with Gasteiger partial charge in [0.15, 0.2) is 0 Å². The van der Waals surface area contributed by atoms with Crippen LogP contribution < -0.4 is 11.1 Å². The maximum absolute atomic E-state index is 10.6. The van der Waals surface area contributed by atoms with E-state index in [0.29, 0.717) is 5.69 Å². The second-order valence-corrected chi connectivity index (χ2v) is 4.64. The number of nitro benzene ring substituents is 1. The number of aliphatic hydroxyl groups is 1. The summed E-state index contributed by atoms with van der Waals surface area (Å²) in [6, 6.07) is 1.90. The van der Waals surface area contributed by atoms with E-state index in [2.05, 4.69) is 5.32 Å². The first-order chi connectivity index (χ1) is 8.32. The third kappa shape index (κ3) is 3.71. The number of nitrogens with one attached hydrogen (secondary N) is 1. The minimum atomic E-state index is -0.687. The zero-order valence-electron chi connectivity index (χ0n) is 9.56. The van der Waals surface area contributed by atoms with Crippen molar-refractivity contribution in [3.8, 4) is 0 Å². The van der Waals surface area contributed by atoms with Crippen LogP contribution in [0.25, 0.3) is 0 Å². The van der Waals surface area contributed by atoms with Gasteiger partial charge in [-0.25, -0.2) is 0 Å². The van der Waals surface area contributed by atoms with Gasteiger partial charge < -0.3 is 16.2 Å². The Balaban J connectivity index is 2.87. The third-order valence-corrected chi connectivity index (χ3v) is 2.97. The number of hydrogen-bond acceptors (Lipinski definition) is 5. The molecule has 2 unspecified atom stereocenters. The highest BCUT2D eigenvalue weighted by Gasteiger charge is 2.16. The molecule has 1 aromatic carbocycles. The Kier molecular flexibility index (Phi) is 5.15. The fraction of sp³-hybridized carbons (Fsp3) is 0.400. The normalized spacial score (nSPS) is 14.1. The lowest BCUT2D eigenvalue weighted by atomic mass is 10.2. The van der Waals surface area contributed by atoms with Gasteiger partial charge in [0, 0.05) is 24.7 Å². The molecule has 1 aromatic rings. The Labute approximate surface area is 114 Å². The summed E-state index contributed by atoms with van der Waals surface area (Å²) in [6.45, 7) is 1.81. The molecule has 0 heterocycles. The molecule has 8 heteroatoms. The maximum Gasteiger partial charge on any atom is 0.272 e. The smallest absolute Gasteiger partial charge is 0.272 e. The van der Waals surface area contributed by atoms with Gasteiger partial charge in [-0.15, -0.1) is 0 Å². The summed E-state index contributed by atoms with van der Waals surface area (Å²) in [5, 5.41) is 22.9. The Morgan fingerprint density at radius 1 is 1.50 bits per heavy atom. The number of nitrogens with zero attached hydrogens (tertiary/aromatic N) is 1. The van der Waals surface area contributed by atoms with Crippen molar-refractivity contribution in [2.24, 2.45) is 5.73 Å². The van der Waals surface area contributed by atoms with Gasteiger partial charge in [0.05, 0.1) is 26.8 Å². The monoisotopic (exact) mass is 293 g/mol. The minimum Gasteiger partial charge on any atom is -0.392 e. The summed E-state index contributed by atoms with van der Waals surface area (Å²) < 4.78 is 0. The van der Waals surface area contributed by atoms with Gasteiger partial charge in [-0.05, 0) is 6.92 Å². The topological polar surface area (TPSA) is 101 Å². The molecular weight excluding hydrogens is 281 g/mol. The van der Waals surface area contributed by atoms with Crippen LogP contribution in [-0.4, -0.2) is 28.7 Å². The minimum absolute atomic E-state index is 0.131. The number of anilines is 1. The number of nitro groups is 1. The summed E-state index contributed by atoms with van der Waals surface area (Å²) in [6.07, 6.45) is -0.687. The average molecular weight is 294 g/mol. The Morgan fingerprint density at radius 3 is 2.39 bits per heavy atom. The van der Waals surface area contributed by atoms with Crippen LogP contribution in [0.5, 0.6) is 0 Å². The van der Waals surface area contributed by atoms with Crippen LogP contribution in [0, 0.1) is 10.1 Å². The Hall–Kier alpha value is -1.08. The van der Waals surface area contributed by atoms with Gasteiger partial charge in [0.2, 0.25) is 0 Å². The van der Waals surface area contributed by atoms with E-state index in [1.165, 1.54) is 12.1 Å². The summed E-state index contributed by atoms with van der Waals surface area (Å²) in [4.78, 5) is 10.0. The van der Waals surface area contributed by atoms with E-state index < -0.39 is 17.1 Å². The van der Waals surface area contributed by atoms with Crippen molar-refractivity contribution in [2.75, 3.05) is 11.9 Å². The number of aliphatic hydroxyl groups excluding tert-OH is 1. The molecule has 0 amide bonds. The number of hydrogen-bond donors (Lipinski definition) is 3. The molecule has 6 nitrogen and oxygen atoms in total. The summed E-state index contributed by atoms with van der Waals surface area (Å²) in [7, 11) is 0. The van der Waals surface area contributed by atoms with E-state index in [9.17, 15) is 15.2 Å². The molecule has 0 spiro atoms. The summed E-state index contributed by atoms with van der Waals surface area (Å²) in [5.41, 5.74) is 5.81. The van der Waals surface area contributed by atoms with Crippen molar-refractivity contribution in [3.05, 3.63) is 32.3 Å². The van der Waals surface area contributed by atoms with Crippen molar-refractivity contribution >= 4 is 34.6 Å². The first-order valence-electron chi connectivity index (χ1n) is 5.14. The number of rotatable bonds is 5. The molecule has 0 aliphatic carbocycles. The van der Waals surface area contributed by atoms with Gasteiger partial charge in [-0.3, -0.25) is 10.1 Å². The molecule has 0 saturated heterocycles. The molecule has 2 atom stereocenters. The molecule has 0 aliphatic heterocycles. The predicted octanol–water partition coefficient (Wildman–Crippen LogP) is 2.02. The lowest BCUT2D eigenvalue weighted by Crippen LogP contribution is -2.38. The van der Waals surface area contributed by atoms with Crippen molar-refractivity contribution in [2.45, 2.75) is 19.1 Å². The molecule has 0 aromatic heterocycles. The molecule has 4 N–H and O–H groups in total. The van der Waals surface area contributed by atoms with E-state index in [0.717, 1.165) is 0 Å². The van der Waals surface area contributed by atoms with Gasteiger partial charge in [0.25, 0.3) is 5.69 Å². The molecule has 100 valence electrons. The molecule has 0 fully saturated rings. The van der Waals surface area contributed by atoms with Gasteiger partial charge in [-0.2, -0.15) is 0 Å². The van der Waals surface area contributed by atoms with Crippen LogP contribution in [0.1, 0.15) is 6.92 Å².